The first-order chi connectivity index (χ1) is 11.0. The Hall–Kier alpha value is -2.53. The molecule has 4 nitrogen and oxygen atoms in total. The molecule has 1 N–H and O–H groups in total. The number of methoxy groups -OCH3 is 2. The molecule has 0 atom stereocenters. The van der Waals surface area contributed by atoms with E-state index >= 15 is 0 Å². The van der Waals surface area contributed by atoms with Gasteiger partial charge in [-0.25, -0.2) is 4.39 Å². The zero-order valence-electron chi connectivity index (χ0n) is 12.6. The summed E-state index contributed by atoms with van der Waals surface area (Å²) in [5.74, 6) is 0.107. The first-order valence-electron chi connectivity index (χ1n) is 6.70. The van der Waals surface area contributed by atoms with Gasteiger partial charge in [0.2, 0.25) is 5.91 Å². The van der Waals surface area contributed by atoms with Gasteiger partial charge in [-0.05, 0) is 30.3 Å². The number of carbonyl (C=O) groups is 1. The maximum Gasteiger partial charge on any atom is 0.248 e. The van der Waals surface area contributed by atoms with Crippen molar-refractivity contribution in [3.63, 3.8) is 0 Å². The third kappa shape index (κ3) is 4.23. The molecule has 2 aromatic carbocycles. The first-order valence-corrected chi connectivity index (χ1v) is 7.08. The second-order valence-electron chi connectivity index (χ2n) is 4.52. The summed E-state index contributed by atoms with van der Waals surface area (Å²) >= 11 is 5.90. The summed E-state index contributed by atoms with van der Waals surface area (Å²) in [7, 11) is 3.01. The first kappa shape index (κ1) is 16.8. The molecule has 2 rings (SSSR count). The third-order valence-electron chi connectivity index (χ3n) is 3.07. The lowest BCUT2D eigenvalue weighted by atomic mass is 10.2. The molecule has 0 saturated carbocycles. The Morgan fingerprint density at radius 2 is 2.00 bits per heavy atom. The molecule has 0 spiro atoms. The number of halogens is 2. The Labute approximate surface area is 138 Å². The van der Waals surface area contributed by atoms with E-state index in [0.29, 0.717) is 17.2 Å². The molecule has 23 heavy (non-hydrogen) atoms. The largest absolute Gasteiger partial charge is 0.497 e. The van der Waals surface area contributed by atoms with E-state index in [9.17, 15) is 9.18 Å². The van der Waals surface area contributed by atoms with E-state index in [1.54, 1.807) is 24.3 Å². The summed E-state index contributed by atoms with van der Waals surface area (Å²) in [4.78, 5) is 12.0. The second-order valence-corrected chi connectivity index (χ2v) is 4.93. The van der Waals surface area contributed by atoms with Gasteiger partial charge in [-0.15, -0.1) is 0 Å². The summed E-state index contributed by atoms with van der Waals surface area (Å²) in [6, 6.07) is 9.33. The molecule has 120 valence electrons. The molecule has 0 aliphatic rings. The Morgan fingerprint density at radius 3 is 2.65 bits per heavy atom. The van der Waals surface area contributed by atoms with Crippen LogP contribution in [0.15, 0.2) is 42.5 Å². The van der Waals surface area contributed by atoms with Crippen molar-refractivity contribution in [3.05, 3.63) is 58.9 Å². The van der Waals surface area contributed by atoms with Crippen LogP contribution in [0, 0.1) is 5.82 Å². The van der Waals surface area contributed by atoms with Crippen molar-refractivity contribution in [1.82, 2.24) is 0 Å². The lowest BCUT2D eigenvalue weighted by molar-refractivity contribution is -0.111. The predicted molar refractivity (Wildman–Crippen MR) is 88.6 cm³/mol. The van der Waals surface area contributed by atoms with Crippen molar-refractivity contribution >= 4 is 29.3 Å². The van der Waals surface area contributed by atoms with Crippen LogP contribution in [0.2, 0.25) is 5.02 Å². The summed E-state index contributed by atoms with van der Waals surface area (Å²) in [5, 5.41) is 2.88. The summed E-state index contributed by atoms with van der Waals surface area (Å²) in [6.07, 6.45) is 2.52. The third-order valence-corrected chi connectivity index (χ3v) is 3.40. The van der Waals surface area contributed by atoms with Crippen LogP contribution in [0.1, 0.15) is 5.56 Å². The van der Waals surface area contributed by atoms with Gasteiger partial charge in [-0.1, -0.05) is 17.7 Å². The SMILES string of the molecule is COc1ccc(OC)c(NC(=O)/C=C/c2c(F)cccc2Cl)c1. The van der Waals surface area contributed by atoms with Crippen molar-refractivity contribution in [2.45, 2.75) is 0 Å². The van der Waals surface area contributed by atoms with Gasteiger partial charge < -0.3 is 14.8 Å². The van der Waals surface area contributed by atoms with Crippen LogP contribution in [0.3, 0.4) is 0 Å². The average molecular weight is 336 g/mol. The Morgan fingerprint density at radius 1 is 1.22 bits per heavy atom. The van der Waals surface area contributed by atoms with Crippen molar-refractivity contribution in [3.8, 4) is 11.5 Å². The number of nitrogens with one attached hydrogen (secondary N) is 1. The van der Waals surface area contributed by atoms with Gasteiger partial charge in [-0.2, -0.15) is 0 Å². The van der Waals surface area contributed by atoms with Gasteiger partial charge in [0.05, 0.1) is 24.9 Å². The topological polar surface area (TPSA) is 47.6 Å². The molecule has 0 unspecified atom stereocenters. The van der Waals surface area contributed by atoms with Crippen molar-refractivity contribution in [2.24, 2.45) is 0 Å². The number of carbonyl (C=O) groups excluding carboxylic acids is 1. The quantitative estimate of drug-likeness (QED) is 0.835. The van der Waals surface area contributed by atoms with Crippen LogP contribution >= 0.6 is 11.6 Å². The molecule has 0 radical (unpaired) electrons. The average Bonchev–Trinajstić information content (AvgIpc) is 2.54. The molecule has 6 heteroatoms. The Bertz CT molecular complexity index is 726. The van der Waals surface area contributed by atoms with E-state index in [4.69, 9.17) is 21.1 Å². The molecule has 2 aromatic rings. The lowest BCUT2D eigenvalue weighted by Crippen LogP contribution is -2.09. The fourth-order valence-corrected chi connectivity index (χ4v) is 2.14. The van der Waals surface area contributed by atoms with Crippen LogP contribution < -0.4 is 14.8 Å². The Balaban J connectivity index is 2.18. The monoisotopic (exact) mass is 335 g/mol. The van der Waals surface area contributed by atoms with Gasteiger partial charge in [0.1, 0.15) is 17.3 Å². The fourth-order valence-electron chi connectivity index (χ4n) is 1.92. The van der Waals surface area contributed by atoms with Gasteiger partial charge in [-0.3, -0.25) is 4.79 Å². The van der Waals surface area contributed by atoms with Gasteiger partial charge in [0, 0.05) is 17.7 Å². The van der Waals surface area contributed by atoms with Crippen molar-refractivity contribution < 1.29 is 18.7 Å². The number of amides is 1. The summed E-state index contributed by atoms with van der Waals surface area (Å²) in [6.45, 7) is 0. The normalized spacial score (nSPS) is 10.6. The molecule has 1 amide bonds. The van der Waals surface area contributed by atoms with Crippen LogP contribution in [-0.2, 0) is 4.79 Å². The highest BCUT2D eigenvalue weighted by Gasteiger charge is 2.08. The molecule has 0 fully saturated rings. The summed E-state index contributed by atoms with van der Waals surface area (Å²) < 4.78 is 23.9. The fraction of sp³-hybridized carbons (Fsp3) is 0.118. The molecule has 0 bridgehead atoms. The molecule has 0 saturated heterocycles. The van der Waals surface area contributed by atoms with Gasteiger partial charge >= 0.3 is 0 Å². The lowest BCUT2D eigenvalue weighted by Gasteiger charge is -2.10. The maximum absolute atomic E-state index is 13.6. The van der Waals surface area contributed by atoms with Crippen LogP contribution in [0.5, 0.6) is 11.5 Å². The van der Waals surface area contributed by atoms with Crippen molar-refractivity contribution in [1.29, 1.82) is 0 Å². The highest BCUT2D eigenvalue weighted by molar-refractivity contribution is 6.32. The van der Waals surface area contributed by atoms with E-state index in [1.165, 1.54) is 38.5 Å². The van der Waals surface area contributed by atoms with Crippen molar-refractivity contribution in [2.75, 3.05) is 19.5 Å². The Kier molecular flexibility index (Phi) is 5.60. The van der Waals surface area contributed by atoms with Gasteiger partial charge in [0.15, 0.2) is 0 Å². The summed E-state index contributed by atoms with van der Waals surface area (Å²) in [5.41, 5.74) is 0.600. The maximum atomic E-state index is 13.6. The molecule has 0 aliphatic carbocycles. The minimum atomic E-state index is -0.500. The molecule has 0 heterocycles. The van der Waals surface area contributed by atoms with E-state index in [-0.39, 0.29) is 10.6 Å². The van der Waals surface area contributed by atoms with E-state index < -0.39 is 11.7 Å². The highest BCUT2D eigenvalue weighted by Crippen LogP contribution is 2.29. The van der Waals surface area contributed by atoms with E-state index in [2.05, 4.69) is 5.32 Å². The minimum absolute atomic E-state index is 0.155. The predicted octanol–water partition coefficient (Wildman–Crippen LogP) is 4.15. The minimum Gasteiger partial charge on any atom is -0.497 e. The van der Waals surface area contributed by atoms with Crippen LogP contribution in [-0.4, -0.2) is 20.1 Å². The van der Waals surface area contributed by atoms with Gasteiger partial charge in [0.25, 0.3) is 0 Å². The highest BCUT2D eigenvalue weighted by atomic mass is 35.5. The standard InChI is InChI=1S/C17H15ClFNO3/c1-22-11-6-8-16(23-2)15(10-11)20-17(21)9-7-12-13(18)4-3-5-14(12)19/h3-10H,1-2H3,(H,20,21)/b9-7+. The number of hydrogen-bond acceptors (Lipinski definition) is 3. The zero-order chi connectivity index (χ0) is 16.8. The van der Waals surface area contributed by atoms with E-state index in [1.807, 2.05) is 0 Å². The molecular formula is C17H15ClFNO3. The zero-order valence-corrected chi connectivity index (χ0v) is 13.4. The smallest absolute Gasteiger partial charge is 0.248 e. The van der Waals surface area contributed by atoms with Crippen LogP contribution in [0.25, 0.3) is 6.08 Å². The number of anilines is 1. The van der Waals surface area contributed by atoms with E-state index in [0.717, 1.165) is 0 Å². The molecule has 0 aliphatic heterocycles. The molecule has 0 aromatic heterocycles. The number of hydrogen-bond donors (Lipinski definition) is 1. The number of benzene rings is 2. The second kappa shape index (κ2) is 7.65. The molecular weight excluding hydrogens is 321 g/mol. The number of rotatable bonds is 5. The van der Waals surface area contributed by atoms with Crippen LogP contribution in [0.4, 0.5) is 10.1 Å². The number of ether oxygens (including phenoxy) is 2.